The summed E-state index contributed by atoms with van der Waals surface area (Å²) >= 11 is 0. The lowest BCUT2D eigenvalue weighted by Gasteiger charge is -2.31. The van der Waals surface area contributed by atoms with E-state index in [9.17, 15) is 4.79 Å². The average molecular weight is 294 g/mol. The molecule has 0 spiro atoms. The predicted molar refractivity (Wildman–Crippen MR) is 80.1 cm³/mol. The standard InChI is InChI=1S/C15H26N4O2/c1-3-5-9-16-15(20)19-10-6-8-12(11-19)14-17-13(7-4-2)18-21-14/h12H,3-11H2,1-2H3,(H,16,20)/t12-/m0/s1. The van der Waals surface area contributed by atoms with Crippen LogP contribution in [0, 0.1) is 0 Å². The van der Waals surface area contributed by atoms with Crippen molar-refractivity contribution in [2.45, 2.75) is 58.3 Å². The van der Waals surface area contributed by atoms with Gasteiger partial charge in [0.25, 0.3) is 0 Å². The van der Waals surface area contributed by atoms with Crippen LogP contribution in [0.3, 0.4) is 0 Å². The predicted octanol–water partition coefficient (Wildman–Crippen LogP) is 2.71. The largest absolute Gasteiger partial charge is 0.339 e. The van der Waals surface area contributed by atoms with Crippen molar-refractivity contribution in [1.29, 1.82) is 0 Å². The Balaban J connectivity index is 1.88. The molecule has 1 aliphatic heterocycles. The number of nitrogens with one attached hydrogen (secondary N) is 1. The summed E-state index contributed by atoms with van der Waals surface area (Å²) in [5.41, 5.74) is 0. The molecular weight excluding hydrogens is 268 g/mol. The minimum atomic E-state index is 0.0291. The van der Waals surface area contributed by atoms with Gasteiger partial charge in [-0.3, -0.25) is 0 Å². The maximum atomic E-state index is 12.1. The number of piperidine rings is 1. The van der Waals surface area contributed by atoms with Crippen LogP contribution in [0.15, 0.2) is 4.52 Å². The van der Waals surface area contributed by atoms with Gasteiger partial charge >= 0.3 is 6.03 Å². The number of aryl methyl sites for hydroxylation is 1. The fourth-order valence-electron chi connectivity index (χ4n) is 2.61. The lowest BCUT2D eigenvalue weighted by molar-refractivity contribution is 0.172. The number of amides is 2. The molecule has 1 aromatic heterocycles. The number of hydrogen-bond acceptors (Lipinski definition) is 4. The molecule has 1 N–H and O–H groups in total. The number of urea groups is 1. The van der Waals surface area contributed by atoms with Gasteiger partial charge in [-0.05, 0) is 25.7 Å². The van der Waals surface area contributed by atoms with Crippen LogP contribution in [0.4, 0.5) is 4.79 Å². The summed E-state index contributed by atoms with van der Waals surface area (Å²) in [5.74, 6) is 1.63. The lowest BCUT2D eigenvalue weighted by Crippen LogP contribution is -2.45. The summed E-state index contributed by atoms with van der Waals surface area (Å²) in [7, 11) is 0. The van der Waals surface area contributed by atoms with Crippen molar-refractivity contribution >= 4 is 6.03 Å². The second kappa shape index (κ2) is 8.00. The summed E-state index contributed by atoms with van der Waals surface area (Å²) in [6.07, 6.45) is 5.95. The molecule has 1 fully saturated rings. The third kappa shape index (κ3) is 4.44. The van der Waals surface area contributed by atoms with Crippen LogP contribution in [0.2, 0.25) is 0 Å². The monoisotopic (exact) mass is 294 g/mol. The molecule has 0 unspecified atom stereocenters. The quantitative estimate of drug-likeness (QED) is 0.819. The van der Waals surface area contributed by atoms with E-state index >= 15 is 0 Å². The van der Waals surface area contributed by atoms with Gasteiger partial charge in [0.2, 0.25) is 5.89 Å². The van der Waals surface area contributed by atoms with E-state index in [0.717, 1.165) is 57.4 Å². The number of carbonyl (C=O) groups is 1. The van der Waals surface area contributed by atoms with Crippen LogP contribution in [-0.2, 0) is 6.42 Å². The fourth-order valence-corrected chi connectivity index (χ4v) is 2.61. The maximum absolute atomic E-state index is 12.1. The van der Waals surface area contributed by atoms with Crippen molar-refractivity contribution in [3.05, 3.63) is 11.7 Å². The highest BCUT2D eigenvalue weighted by Gasteiger charge is 2.28. The van der Waals surface area contributed by atoms with E-state index in [0.29, 0.717) is 12.4 Å². The molecule has 0 saturated carbocycles. The van der Waals surface area contributed by atoms with Crippen molar-refractivity contribution in [3.63, 3.8) is 0 Å². The first-order valence-corrected chi connectivity index (χ1v) is 8.09. The van der Waals surface area contributed by atoms with E-state index in [2.05, 4.69) is 29.3 Å². The molecule has 6 nitrogen and oxygen atoms in total. The molecule has 1 saturated heterocycles. The number of nitrogens with zero attached hydrogens (tertiary/aromatic N) is 3. The molecule has 0 aliphatic carbocycles. The Morgan fingerprint density at radius 2 is 2.29 bits per heavy atom. The molecule has 6 heteroatoms. The number of aromatic nitrogens is 2. The normalized spacial score (nSPS) is 18.8. The number of unbranched alkanes of at least 4 members (excludes halogenated alkanes) is 1. The Bertz CT molecular complexity index is 447. The molecule has 118 valence electrons. The third-order valence-corrected chi connectivity index (χ3v) is 3.82. The number of carbonyl (C=O) groups excluding carboxylic acids is 1. The first kappa shape index (κ1) is 15.8. The molecule has 2 rings (SSSR count). The van der Waals surface area contributed by atoms with Gasteiger partial charge in [-0.1, -0.05) is 25.4 Å². The topological polar surface area (TPSA) is 71.3 Å². The van der Waals surface area contributed by atoms with Gasteiger partial charge in [0.1, 0.15) is 0 Å². The highest BCUT2D eigenvalue weighted by Crippen LogP contribution is 2.25. The summed E-state index contributed by atoms with van der Waals surface area (Å²) in [4.78, 5) is 18.4. The molecule has 2 amide bonds. The average Bonchev–Trinajstić information content (AvgIpc) is 2.97. The number of rotatable bonds is 6. The van der Waals surface area contributed by atoms with Gasteiger partial charge in [0, 0.05) is 26.1 Å². The first-order valence-electron chi connectivity index (χ1n) is 8.09. The maximum Gasteiger partial charge on any atom is 0.317 e. The summed E-state index contributed by atoms with van der Waals surface area (Å²) in [6.45, 7) is 6.44. The van der Waals surface area contributed by atoms with E-state index in [1.807, 2.05) is 4.90 Å². The van der Waals surface area contributed by atoms with Gasteiger partial charge in [-0.2, -0.15) is 4.98 Å². The molecule has 21 heavy (non-hydrogen) atoms. The van der Waals surface area contributed by atoms with E-state index in [4.69, 9.17) is 4.52 Å². The van der Waals surface area contributed by atoms with Gasteiger partial charge in [0.05, 0.1) is 5.92 Å². The zero-order chi connectivity index (χ0) is 15.1. The van der Waals surface area contributed by atoms with E-state index in [-0.39, 0.29) is 11.9 Å². The van der Waals surface area contributed by atoms with E-state index < -0.39 is 0 Å². The van der Waals surface area contributed by atoms with Crippen LogP contribution in [-0.4, -0.2) is 40.7 Å². The van der Waals surface area contributed by atoms with Gasteiger partial charge in [-0.25, -0.2) is 4.79 Å². The van der Waals surface area contributed by atoms with Crippen molar-refractivity contribution < 1.29 is 9.32 Å². The fraction of sp³-hybridized carbons (Fsp3) is 0.800. The van der Waals surface area contributed by atoms with Crippen molar-refractivity contribution in [1.82, 2.24) is 20.4 Å². The van der Waals surface area contributed by atoms with Crippen molar-refractivity contribution in [3.8, 4) is 0 Å². The summed E-state index contributed by atoms with van der Waals surface area (Å²) in [5, 5.41) is 6.98. The molecule has 0 bridgehead atoms. The van der Waals surface area contributed by atoms with Crippen LogP contribution < -0.4 is 5.32 Å². The van der Waals surface area contributed by atoms with Crippen LogP contribution >= 0.6 is 0 Å². The molecule has 2 heterocycles. The number of likely N-dealkylation sites (tertiary alicyclic amines) is 1. The SMILES string of the molecule is CCCCNC(=O)N1CCC[C@H](c2nc(CCC)no2)C1. The Morgan fingerprint density at radius 3 is 3.05 bits per heavy atom. The zero-order valence-electron chi connectivity index (χ0n) is 13.1. The first-order chi connectivity index (χ1) is 10.2. The van der Waals surface area contributed by atoms with E-state index in [1.54, 1.807) is 0 Å². The van der Waals surface area contributed by atoms with Gasteiger partial charge in [0.15, 0.2) is 5.82 Å². The summed E-state index contributed by atoms with van der Waals surface area (Å²) in [6, 6.07) is 0.0291. The minimum absolute atomic E-state index is 0.0291. The molecule has 1 aromatic rings. The van der Waals surface area contributed by atoms with Crippen molar-refractivity contribution in [2.75, 3.05) is 19.6 Å². The van der Waals surface area contributed by atoms with Crippen molar-refractivity contribution in [2.24, 2.45) is 0 Å². The third-order valence-electron chi connectivity index (χ3n) is 3.82. The zero-order valence-corrected chi connectivity index (χ0v) is 13.1. The summed E-state index contributed by atoms with van der Waals surface area (Å²) < 4.78 is 5.36. The number of hydrogen-bond donors (Lipinski definition) is 1. The second-order valence-corrected chi connectivity index (χ2v) is 5.67. The Labute approximate surface area is 126 Å². The smallest absolute Gasteiger partial charge is 0.317 e. The molecule has 0 aromatic carbocycles. The molecular formula is C15H26N4O2. The Morgan fingerprint density at radius 1 is 1.43 bits per heavy atom. The van der Waals surface area contributed by atoms with E-state index in [1.165, 1.54) is 0 Å². The Kier molecular flexibility index (Phi) is 6.02. The highest BCUT2D eigenvalue weighted by molar-refractivity contribution is 5.74. The van der Waals surface area contributed by atoms with Gasteiger partial charge < -0.3 is 14.7 Å². The Hall–Kier alpha value is -1.59. The van der Waals surface area contributed by atoms with Crippen LogP contribution in [0.25, 0.3) is 0 Å². The minimum Gasteiger partial charge on any atom is -0.339 e. The highest BCUT2D eigenvalue weighted by atomic mass is 16.5. The molecule has 1 aliphatic rings. The molecule has 1 atom stereocenters. The van der Waals surface area contributed by atoms with Gasteiger partial charge in [-0.15, -0.1) is 0 Å². The van der Waals surface area contributed by atoms with Crippen LogP contribution in [0.5, 0.6) is 0 Å². The second-order valence-electron chi connectivity index (χ2n) is 5.67. The molecule has 0 radical (unpaired) electrons. The van der Waals surface area contributed by atoms with Crippen LogP contribution in [0.1, 0.15) is 63.6 Å². The lowest BCUT2D eigenvalue weighted by atomic mass is 9.98.